The maximum atomic E-state index is 10.8. The van der Waals surface area contributed by atoms with Crippen LogP contribution in [-0.4, -0.2) is 16.1 Å². The summed E-state index contributed by atoms with van der Waals surface area (Å²) in [5.74, 6) is -0.561. The lowest BCUT2D eigenvalue weighted by Gasteiger charge is -1.98. The molecule has 0 spiro atoms. The lowest BCUT2D eigenvalue weighted by atomic mass is 10.2. The topological polar surface area (TPSA) is 63.3 Å². The highest BCUT2D eigenvalue weighted by Gasteiger charge is 2.17. The zero-order valence-electron chi connectivity index (χ0n) is 8.70. The fourth-order valence-electron chi connectivity index (χ4n) is 1.35. The van der Waals surface area contributed by atoms with Gasteiger partial charge in [-0.25, -0.2) is 9.78 Å². The highest BCUT2D eigenvalue weighted by Crippen LogP contribution is 2.27. The Hall–Kier alpha value is -1.08. The number of nitrogens with zero attached hydrogens (tertiary/aromatic N) is 1. The van der Waals surface area contributed by atoms with Crippen molar-refractivity contribution in [1.29, 1.82) is 0 Å². The first kappa shape index (κ1) is 12.4. The maximum Gasteiger partial charge on any atom is 0.358 e. The lowest BCUT2D eigenvalue weighted by molar-refractivity contribution is 0.0689. The van der Waals surface area contributed by atoms with E-state index in [0.717, 1.165) is 3.57 Å². The number of halogens is 2. The van der Waals surface area contributed by atoms with Gasteiger partial charge in [0.25, 0.3) is 0 Å². The molecule has 0 aliphatic heterocycles. The minimum absolute atomic E-state index is 0.0744. The smallest absolute Gasteiger partial charge is 0.358 e. The second-order valence-electron chi connectivity index (χ2n) is 3.36. The number of aryl methyl sites for hydroxylation is 1. The van der Waals surface area contributed by atoms with Gasteiger partial charge in [0.1, 0.15) is 5.76 Å². The Morgan fingerprint density at radius 2 is 2.24 bits per heavy atom. The molecule has 1 N–H and O–H groups in total. The Labute approximate surface area is 116 Å². The molecule has 0 saturated carbocycles. The molecule has 17 heavy (non-hydrogen) atoms. The van der Waals surface area contributed by atoms with Crippen molar-refractivity contribution in [2.24, 2.45) is 0 Å². The van der Waals surface area contributed by atoms with Crippen molar-refractivity contribution >= 4 is 40.2 Å². The van der Waals surface area contributed by atoms with Crippen molar-refractivity contribution in [3.05, 3.63) is 38.2 Å². The summed E-state index contributed by atoms with van der Waals surface area (Å²) >= 11 is 8.09. The molecule has 1 aromatic carbocycles. The van der Waals surface area contributed by atoms with Crippen molar-refractivity contribution in [3.63, 3.8) is 0 Å². The SMILES string of the molecule is Cc1oc(-c2ccc(I)c(Cl)c2)nc1C(=O)O. The number of aromatic nitrogens is 1. The van der Waals surface area contributed by atoms with Crippen LogP contribution in [0.1, 0.15) is 16.2 Å². The summed E-state index contributed by atoms with van der Waals surface area (Å²) in [6.07, 6.45) is 0. The van der Waals surface area contributed by atoms with E-state index in [-0.39, 0.29) is 17.3 Å². The van der Waals surface area contributed by atoms with E-state index in [1.54, 1.807) is 19.1 Å². The molecular weight excluding hydrogens is 356 g/mol. The molecule has 0 atom stereocenters. The summed E-state index contributed by atoms with van der Waals surface area (Å²) in [5, 5.41) is 9.45. The average molecular weight is 364 g/mol. The van der Waals surface area contributed by atoms with Crippen LogP contribution >= 0.6 is 34.2 Å². The van der Waals surface area contributed by atoms with Gasteiger partial charge in [-0.15, -0.1) is 0 Å². The number of benzene rings is 1. The minimum atomic E-state index is -1.10. The summed E-state index contributed by atoms with van der Waals surface area (Å²) < 4.78 is 6.22. The zero-order chi connectivity index (χ0) is 12.6. The van der Waals surface area contributed by atoms with E-state index in [2.05, 4.69) is 27.6 Å². The fraction of sp³-hybridized carbons (Fsp3) is 0.0909. The summed E-state index contributed by atoms with van der Waals surface area (Å²) in [6, 6.07) is 5.29. The predicted molar refractivity (Wildman–Crippen MR) is 71.4 cm³/mol. The highest BCUT2D eigenvalue weighted by atomic mass is 127. The van der Waals surface area contributed by atoms with Crippen molar-refractivity contribution in [2.75, 3.05) is 0 Å². The minimum Gasteiger partial charge on any atom is -0.476 e. The van der Waals surface area contributed by atoms with E-state index in [4.69, 9.17) is 21.1 Å². The predicted octanol–water partition coefficient (Wildman–Crippen LogP) is 3.61. The second kappa shape index (κ2) is 4.66. The standard InChI is InChI=1S/C11H7ClINO3/c1-5-9(11(15)16)14-10(17-5)6-2-3-8(13)7(12)4-6/h2-4H,1H3,(H,15,16). The third-order valence-electron chi connectivity index (χ3n) is 2.17. The lowest BCUT2D eigenvalue weighted by Crippen LogP contribution is -1.98. The molecule has 1 heterocycles. The summed E-state index contributed by atoms with van der Waals surface area (Å²) in [5.41, 5.74) is 0.584. The van der Waals surface area contributed by atoms with Crippen LogP contribution < -0.4 is 0 Å². The van der Waals surface area contributed by atoms with Crippen molar-refractivity contribution < 1.29 is 14.3 Å². The third kappa shape index (κ3) is 2.44. The second-order valence-corrected chi connectivity index (χ2v) is 4.93. The highest BCUT2D eigenvalue weighted by molar-refractivity contribution is 14.1. The molecule has 2 aromatic rings. The van der Waals surface area contributed by atoms with E-state index in [0.29, 0.717) is 10.6 Å². The molecule has 88 valence electrons. The average Bonchev–Trinajstić information content (AvgIpc) is 2.64. The van der Waals surface area contributed by atoms with Crippen LogP contribution in [0.3, 0.4) is 0 Å². The number of carbonyl (C=O) groups is 1. The first-order valence-corrected chi connectivity index (χ1v) is 6.11. The van der Waals surface area contributed by atoms with Gasteiger partial charge >= 0.3 is 5.97 Å². The molecule has 4 nitrogen and oxygen atoms in total. The van der Waals surface area contributed by atoms with Crippen molar-refractivity contribution in [2.45, 2.75) is 6.92 Å². The Balaban J connectivity index is 2.50. The molecule has 0 bridgehead atoms. The molecule has 0 fully saturated rings. The number of rotatable bonds is 2. The summed E-state index contributed by atoms with van der Waals surface area (Å²) in [6.45, 7) is 1.56. The molecule has 1 aromatic heterocycles. The van der Waals surface area contributed by atoms with Gasteiger partial charge in [0.2, 0.25) is 5.89 Å². The van der Waals surface area contributed by atoms with Gasteiger partial charge in [-0.05, 0) is 47.7 Å². The van der Waals surface area contributed by atoms with Gasteiger partial charge in [-0.3, -0.25) is 0 Å². The van der Waals surface area contributed by atoms with Gasteiger partial charge in [-0.2, -0.15) is 0 Å². The number of hydrogen-bond acceptors (Lipinski definition) is 3. The van der Waals surface area contributed by atoms with Crippen LogP contribution in [0.2, 0.25) is 5.02 Å². The van der Waals surface area contributed by atoms with Gasteiger partial charge in [-0.1, -0.05) is 11.6 Å². The van der Waals surface area contributed by atoms with Crippen LogP contribution in [0.5, 0.6) is 0 Å². The largest absolute Gasteiger partial charge is 0.476 e. The normalized spacial score (nSPS) is 10.5. The van der Waals surface area contributed by atoms with Gasteiger partial charge in [0.15, 0.2) is 5.69 Å². The molecule has 0 saturated heterocycles. The molecule has 0 radical (unpaired) electrons. The summed E-state index contributed by atoms with van der Waals surface area (Å²) in [7, 11) is 0. The van der Waals surface area contributed by atoms with Gasteiger partial charge in [0.05, 0.1) is 5.02 Å². The zero-order valence-corrected chi connectivity index (χ0v) is 11.6. The number of oxazole rings is 1. The molecular formula is C11H7ClINO3. The number of carboxylic acids is 1. The first-order chi connectivity index (χ1) is 7.99. The Morgan fingerprint density at radius 3 is 2.76 bits per heavy atom. The summed E-state index contributed by atoms with van der Waals surface area (Å²) in [4.78, 5) is 14.8. The van der Waals surface area contributed by atoms with Gasteiger partial charge in [0, 0.05) is 9.13 Å². The molecule has 0 aliphatic carbocycles. The van der Waals surface area contributed by atoms with Crippen LogP contribution in [0, 0.1) is 10.5 Å². The maximum absolute atomic E-state index is 10.8. The van der Waals surface area contributed by atoms with E-state index in [9.17, 15) is 4.79 Å². The number of hydrogen-bond donors (Lipinski definition) is 1. The first-order valence-electron chi connectivity index (χ1n) is 4.65. The van der Waals surface area contributed by atoms with Crippen molar-refractivity contribution in [1.82, 2.24) is 4.98 Å². The monoisotopic (exact) mass is 363 g/mol. The molecule has 6 heteroatoms. The van der Waals surface area contributed by atoms with Gasteiger partial charge < -0.3 is 9.52 Å². The molecule has 0 amide bonds. The Morgan fingerprint density at radius 1 is 1.53 bits per heavy atom. The van der Waals surface area contributed by atoms with E-state index in [1.807, 2.05) is 6.07 Å². The third-order valence-corrected chi connectivity index (χ3v) is 3.74. The quantitative estimate of drug-likeness (QED) is 0.828. The fourth-order valence-corrected chi connectivity index (χ4v) is 1.86. The Bertz CT molecular complexity index is 594. The number of carboxylic acid groups (broad SMARTS) is 1. The molecule has 2 rings (SSSR count). The van der Waals surface area contributed by atoms with Crippen LogP contribution in [0.4, 0.5) is 0 Å². The van der Waals surface area contributed by atoms with Crippen LogP contribution in [-0.2, 0) is 0 Å². The molecule has 0 aliphatic rings. The molecule has 0 unspecified atom stereocenters. The number of aromatic carboxylic acids is 1. The van der Waals surface area contributed by atoms with Crippen LogP contribution in [0.25, 0.3) is 11.5 Å². The van der Waals surface area contributed by atoms with E-state index >= 15 is 0 Å². The van der Waals surface area contributed by atoms with Crippen molar-refractivity contribution in [3.8, 4) is 11.5 Å². The van der Waals surface area contributed by atoms with Crippen LogP contribution in [0.15, 0.2) is 22.6 Å². The van der Waals surface area contributed by atoms with E-state index < -0.39 is 5.97 Å². The Kier molecular flexibility index (Phi) is 3.39. The van der Waals surface area contributed by atoms with E-state index in [1.165, 1.54) is 0 Å².